The molecule has 0 radical (unpaired) electrons. The van der Waals surface area contributed by atoms with E-state index in [4.69, 9.17) is 9.47 Å². The predicted octanol–water partition coefficient (Wildman–Crippen LogP) is 1.96. The molecule has 4 rings (SSSR count). The first-order chi connectivity index (χ1) is 18.8. The van der Waals surface area contributed by atoms with Crippen LogP contribution in [0.1, 0.15) is 24.8 Å². The molecule has 0 bridgehead atoms. The fourth-order valence-electron chi connectivity index (χ4n) is 4.93. The summed E-state index contributed by atoms with van der Waals surface area (Å²) in [5, 5.41) is 13.6. The number of nitrogens with zero attached hydrogens (tertiary/aromatic N) is 1. The number of nitrogens with one attached hydrogen (secondary N) is 2. The van der Waals surface area contributed by atoms with Gasteiger partial charge in [-0.15, -0.1) is 0 Å². The van der Waals surface area contributed by atoms with E-state index >= 15 is 0 Å². The minimum absolute atomic E-state index is 0.0278. The Labute approximate surface area is 231 Å². The zero-order chi connectivity index (χ0) is 29.2. The molecule has 2 atom stereocenters. The third kappa shape index (κ3) is 6.95. The van der Waals surface area contributed by atoms with Crippen LogP contribution in [0.25, 0.3) is 0 Å². The predicted molar refractivity (Wildman–Crippen MR) is 139 cm³/mol. The Morgan fingerprint density at radius 3 is 2.50 bits per heavy atom. The Morgan fingerprint density at radius 2 is 1.82 bits per heavy atom. The van der Waals surface area contributed by atoms with Crippen molar-refractivity contribution in [2.75, 3.05) is 39.9 Å². The van der Waals surface area contributed by atoms with E-state index in [2.05, 4.69) is 10.0 Å². The van der Waals surface area contributed by atoms with Crippen molar-refractivity contribution in [2.45, 2.75) is 53.0 Å². The lowest BCUT2D eigenvalue weighted by Gasteiger charge is -2.38. The molecule has 3 N–H and O–H groups in total. The van der Waals surface area contributed by atoms with Crippen molar-refractivity contribution < 1.29 is 44.6 Å². The molecule has 2 aliphatic rings. The van der Waals surface area contributed by atoms with E-state index in [0.717, 1.165) is 22.5 Å². The summed E-state index contributed by atoms with van der Waals surface area (Å²) in [5.74, 6) is 0.290. The quantitative estimate of drug-likeness (QED) is 0.373. The molecule has 10 nitrogen and oxygen atoms in total. The highest BCUT2D eigenvalue weighted by atomic mass is 32.2. The molecule has 2 aliphatic heterocycles. The van der Waals surface area contributed by atoms with Crippen LogP contribution in [0.15, 0.2) is 58.3 Å². The number of aliphatic hydroxyl groups excluding tert-OH is 1. The van der Waals surface area contributed by atoms with E-state index < -0.39 is 48.4 Å². The van der Waals surface area contributed by atoms with Crippen molar-refractivity contribution in [3.05, 3.63) is 54.1 Å². The van der Waals surface area contributed by atoms with Gasteiger partial charge >= 0.3 is 6.18 Å². The second-order valence-electron chi connectivity index (χ2n) is 9.85. The van der Waals surface area contributed by atoms with E-state index in [1.54, 1.807) is 6.07 Å². The Balaban J connectivity index is 1.26. The first-order valence-electron chi connectivity index (χ1n) is 12.6. The minimum atomic E-state index is -4.79. The fraction of sp³-hybridized carbons (Fsp3) is 0.520. The summed E-state index contributed by atoms with van der Waals surface area (Å²) in [4.78, 5) is -0.714. The van der Waals surface area contributed by atoms with Gasteiger partial charge < -0.3 is 19.9 Å². The lowest BCUT2D eigenvalue weighted by Crippen LogP contribution is -2.47. The van der Waals surface area contributed by atoms with Gasteiger partial charge in [0.2, 0.25) is 20.0 Å². The van der Waals surface area contributed by atoms with Crippen LogP contribution in [-0.2, 0) is 31.0 Å². The number of aliphatic hydroxyl groups is 1. The summed E-state index contributed by atoms with van der Waals surface area (Å²) in [6.07, 6.45) is -4.48. The standard InChI is InChI=1S/C25H32F3N3O7S2/c1-29-39(33,34)21-6-4-5-20(13-21)37-17-19(32)15-30-18-14-24(38-16-18)9-11-31(12-10-24)40(35,36)23-8-3-2-7-22(23)25(26,27)28/h2-8,13,18-19,29-30,32H,9-12,14-17H2,1H3. The number of hydrogen-bond acceptors (Lipinski definition) is 8. The number of ether oxygens (including phenoxy) is 2. The lowest BCUT2D eigenvalue weighted by atomic mass is 9.88. The van der Waals surface area contributed by atoms with Crippen molar-refractivity contribution in [1.82, 2.24) is 14.3 Å². The molecule has 0 saturated carbocycles. The second-order valence-corrected chi connectivity index (χ2v) is 13.6. The molecule has 2 unspecified atom stereocenters. The van der Waals surface area contributed by atoms with Gasteiger partial charge in [-0.05, 0) is 50.6 Å². The molecule has 222 valence electrons. The van der Waals surface area contributed by atoms with Gasteiger partial charge in [-0.1, -0.05) is 18.2 Å². The number of rotatable bonds is 10. The van der Waals surface area contributed by atoms with Crippen LogP contribution < -0.4 is 14.8 Å². The monoisotopic (exact) mass is 607 g/mol. The molecule has 2 aromatic carbocycles. The molecule has 2 saturated heterocycles. The summed E-state index contributed by atoms with van der Waals surface area (Å²) < 4.78 is 105. The topological polar surface area (TPSA) is 134 Å². The summed E-state index contributed by atoms with van der Waals surface area (Å²) in [6, 6.07) is 9.95. The van der Waals surface area contributed by atoms with E-state index in [9.17, 15) is 35.1 Å². The Hall–Kier alpha value is -2.27. The molecule has 0 aromatic heterocycles. The molecule has 2 heterocycles. The van der Waals surface area contributed by atoms with Gasteiger partial charge in [0.05, 0.1) is 27.6 Å². The lowest BCUT2D eigenvalue weighted by molar-refractivity contribution is -0.140. The molecule has 1 spiro atoms. The molecular weight excluding hydrogens is 575 g/mol. The Kier molecular flexibility index (Phi) is 9.14. The van der Waals surface area contributed by atoms with Crippen LogP contribution in [0.2, 0.25) is 0 Å². The maximum atomic E-state index is 13.4. The number of sulfonamides is 2. The third-order valence-corrected chi connectivity index (χ3v) is 10.5. The van der Waals surface area contributed by atoms with E-state index in [0.29, 0.717) is 25.9 Å². The van der Waals surface area contributed by atoms with Crippen LogP contribution in [0.4, 0.5) is 13.2 Å². The smallest absolute Gasteiger partial charge is 0.417 e. The Bertz CT molecular complexity index is 1400. The van der Waals surface area contributed by atoms with Gasteiger partial charge in [-0.2, -0.15) is 17.5 Å². The third-order valence-electron chi connectivity index (χ3n) is 7.12. The van der Waals surface area contributed by atoms with Crippen molar-refractivity contribution in [1.29, 1.82) is 0 Å². The second kappa shape index (κ2) is 11.9. The molecule has 0 aliphatic carbocycles. The van der Waals surface area contributed by atoms with E-state index in [-0.39, 0.29) is 42.9 Å². The van der Waals surface area contributed by atoms with Crippen LogP contribution in [0, 0.1) is 0 Å². The normalized spacial score (nSPS) is 21.0. The number of hydrogen-bond donors (Lipinski definition) is 3. The summed E-state index contributed by atoms with van der Waals surface area (Å²) in [6.45, 7) is 0.482. The van der Waals surface area contributed by atoms with Crippen LogP contribution in [0.5, 0.6) is 5.75 Å². The van der Waals surface area contributed by atoms with Crippen molar-refractivity contribution in [2.24, 2.45) is 0 Å². The maximum absolute atomic E-state index is 13.4. The first-order valence-corrected chi connectivity index (χ1v) is 15.6. The van der Waals surface area contributed by atoms with Gasteiger partial charge in [-0.3, -0.25) is 0 Å². The highest BCUT2D eigenvalue weighted by molar-refractivity contribution is 7.89. The molecule has 15 heteroatoms. The number of piperidine rings is 1. The highest BCUT2D eigenvalue weighted by Gasteiger charge is 2.46. The van der Waals surface area contributed by atoms with Gasteiger partial charge in [0, 0.05) is 31.7 Å². The average molecular weight is 608 g/mol. The molecule has 40 heavy (non-hydrogen) atoms. The van der Waals surface area contributed by atoms with Gasteiger partial charge in [0.25, 0.3) is 0 Å². The van der Waals surface area contributed by atoms with Crippen molar-refractivity contribution >= 4 is 20.0 Å². The molecule has 2 fully saturated rings. The fourth-order valence-corrected chi connectivity index (χ4v) is 7.34. The van der Waals surface area contributed by atoms with Crippen molar-refractivity contribution in [3.8, 4) is 5.75 Å². The summed E-state index contributed by atoms with van der Waals surface area (Å²) >= 11 is 0. The average Bonchev–Trinajstić information content (AvgIpc) is 3.32. The van der Waals surface area contributed by atoms with E-state index in [1.807, 2.05) is 0 Å². The molecule has 0 amide bonds. The molecule has 2 aromatic rings. The van der Waals surface area contributed by atoms with Gasteiger partial charge in [-0.25, -0.2) is 21.6 Å². The zero-order valence-corrected chi connectivity index (χ0v) is 23.4. The maximum Gasteiger partial charge on any atom is 0.417 e. The highest BCUT2D eigenvalue weighted by Crippen LogP contribution is 2.39. The van der Waals surface area contributed by atoms with Crippen molar-refractivity contribution in [3.63, 3.8) is 0 Å². The van der Waals surface area contributed by atoms with Gasteiger partial charge in [0.15, 0.2) is 0 Å². The minimum Gasteiger partial charge on any atom is -0.491 e. The van der Waals surface area contributed by atoms with E-state index in [1.165, 1.54) is 31.3 Å². The van der Waals surface area contributed by atoms with Crippen LogP contribution >= 0.6 is 0 Å². The van der Waals surface area contributed by atoms with Gasteiger partial charge in [0.1, 0.15) is 18.5 Å². The SMILES string of the molecule is CNS(=O)(=O)c1cccc(OCC(O)CNC2COC3(CCN(S(=O)(=O)c4ccccc4C(F)(F)F)CC3)C2)c1. The number of halogens is 3. The Morgan fingerprint density at radius 1 is 1.12 bits per heavy atom. The summed E-state index contributed by atoms with van der Waals surface area (Å²) in [7, 11) is -6.67. The van der Waals surface area contributed by atoms with Crippen LogP contribution in [-0.4, -0.2) is 83.9 Å². The largest absolute Gasteiger partial charge is 0.491 e. The first kappa shape index (κ1) is 30.7. The zero-order valence-electron chi connectivity index (χ0n) is 21.7. The summed E-state index contributed by atoms with van der Waals surface area (Å²) in [5.41, 5.74) is -1.79. The van der Waals surface area contributed by atoms with Crippen LogP contribution in [0.3, 0.4) is 0 Å². The molecular formula is C25H32F3N3O7S2. The number of alkyl halides is 3. The number of benzene rings is 2.